The van der Waals surface area contributed by atoms with Crippen LogP contribution in [0.5, 0.6) is 0 Å². The lowest BCUT2D eigenvalue weighted by Crippen LogP contribution is -1.80. The molecule has 2 heterocycles. The molecule has 3 nitrogen and oxygen atoms in total. The molecule has 0 atom stereocenters. The van der Waals surface area contributed by atoms with E-state index in [0.717, 1.165) is 16.3 Å². The second-order valence-corrected chi connectivity index (χ2v) is 3.72. The molecule has 1 aromatic carbocycles. The van der Waals surface area contributed by atoms with Crippen molar-refractivity contribution in [1.29, 1.82) is 0 Å². The first-order chi connectivity index (χ1) is 8.38. The minimum atomic E-state index is 0.339. The Morgan fingerprint density at radius 2 is 2.06 bits per heavy atom. The average Bonchev–Trinajstić information content (AvgIpc) is 2.87. The molecular weight excluding hydrogens is 214 g/mol. The van der Waals surface area contributed by atoms with E-state index in [-0.39, 0.29) is 0 Å². The Hall–Kier alpha value is -2.42. The lowest BCUT2D eigenvalue weighted by molar-refractivity contribution is 0.110. The van der Waals surface area contributed by atoms with Gasteiger partial charge >= 0.3 is 0 Å². The third-order valence-corrected chi connectivity index (χ3v) is 2.69. The smallest absolute Gasteiger partial charge is 0.185 e. The van der Waals surface area contributed by atoms with E-state index in [1.165, 1.54) is 0 Å². The van der Waals surface area contributed by atoms with Crippen LogP contribution in [0.25, 0.3) is 22.1 Å². The quantitative estimate of drug-likeness (QED) is 0.626. The summed E-state index contributed by atoms with van der Waals surface area (Å²) in [4.78, 5) is 14.7. The van der Waals surface area contributed by atoms with Crippen LogP contribution in [0.3, 0.4) is 0 Å². The van der Waals surface area contributed by atoms with Crippen molar-refractivity contribution in [2.75, 3.05) is 0 Å². The Balaban J connectivity index is 2.26. The second-order valence-electron chi connectivity index (χ2n) is 3.72. The van der Waals surface area contributed by atoms with Crippen LogP contribution in [0.15, 0.2) is 53.2 Å². The monoisotopic (exact) mass is 223 g/mol. The molecule has 3 rings (SSSR count). The predicted molar refractivity (Wildman–Crippen MR) is 64.8 cm³/mol. The van der Waals surface area contributed by atoms with Crippen LogP contribution in [-0.2, 0) is 0 Å². The van der Waals surface area contributed by atoms with Gasteiger partial charge in [-0.3, -0.25) is 9.78 Å². The second kappa shape index (κ2) is 3.87. The number of carbonyl (C=O) groups is 1. The number of rotatable bonds is 2. The molecule has 0 amide bonds. The number of aldehydes is 1. The lowest BCUT2D eigenvalue weighted by Gasteiger charge is -2.02. The summed E-state index contributed by atoms with van der Waals surface area (Å²) in [6.45, 7) is 0. The van der Waals surface area contributed by atoms with E-state index in [2.05, 4.69) is 4.98 Å². The van der Waals surface area contributed by atoms with Gasteiger partial charge < -0.3 is 4.42 Å². The van der Waals surface area contributed by atoms with Crippen LogP contribution >= 0.6 is 0 Å². The van der Waals surface area contributed by atoms with Gasteiger partial charge in [-0.1, -0.05) is 18.2 Å². The van der Waals surface area contributed by atoms with Crippen molar-refractivity contribution in [3.8, 4) is 11.3 Å². The summed E-state index contributed by atoms with van der Waals surface area (Å²) in [5, 5.41) is 2.11. The van der Waals surface area contributed by atoms with Crippen molar-refractivity contribution in [3.05, 3.63) is 54.6 Å². The molecule has 0 radical (unpaired) electrons. The first-order valence-corrected chi connectivity index (χ1v) is 5.26. The summed E-state index contributed by atoms with van der Waals surface area (Å²) in [5.74, 6) is 1.04. The molecule has 82 valence electrons. The molecule has 3 aromatic rings. The summed E-state index contributed by atoms with van der Waals surface area (Å²) >= 11 is 0. The largest absolute Gasteiger partial charge is 0.453 e. The van der Waals surface area contributed by atoms with Crippen LogP contribution in [0, 0.1) is 0 Å². The van der Waals surface area contributed by atoms with Gasteiger partial charge in [-0.05, 0) is 23.6 Å². The van der Waals surface area contributed by atoms with Crippen molar-refractivity contribution in [2.24, 2.45) is 0 Å². The van der Waals surface area contributed by atoms with Crippen LogP contribution in [-0.4, -0.2) is 11.3 Å². The molecule has 2 aromatic heterocycles. The van der Waals surface area contributed by atoms with Crippen molar-refractivity contribution in [3.63, 3.8) is 0 Å². The fourth-order valence-corrected chi connectivity index (χ4v) is 1.90. The summed E-state index contributed by atoms with van der Waals surface area (Å²) < 4.78 is 5.44. The van der Waals surface area contributed by atoms with Gasteiger partial charge in [0.1, 0.15) is 5.76 Å². The number of hydrogen-bond acceptors (Lipinski definition) is 3. The highest BCUT2D eigenvalue weighted by Gasteiger charge is 2.07. The van der Waals surface area contributed by atoms with Gasteiger partial charge in [-0.25, -0.2) is 0 Å². The maximum absolute atomic E-state index is 10.6. The van der Waals surface area contributed by atoms with Crippen molar-refractivity contribution in [1.82, 2.24) is 4.98 Å². The standard InChI is InChI=1S/C14H9NO2/c16-9-11-4-5-14(17-11)13-3-1-2-10-8-15-7-6-12(10)13/h1-9H. The zero-order chi connectivity index (χ0) is 11.7. The van der Waals surface area contributed by atoms with Gasteiger partial charge in [-0.2, -0.15) is 0 Å². The third-order valence-electron chi connectivity index (χ3n) is 2.69. The molecule has 0 N–H and O–H groups in total. The molecule has 0 aliphatic heterocycles. The average molecular weight is 223 g/mol. The number of pyridine rings is 1. The Morgan fingerprint density at radius 1 is 1.12 bits per heavy atom. The highest BCUT2D eigenvalue weighted by atomic mass is 16.3. The minimum absolute atomic E-state index is 0.339. The fourth-order valence-electron chi connectivity index (χ4n) is 1.90. The number of carbonyl (C=O) groups excluding carboxylic acids is 1. The Morgan fingerprint density at radius 3 is 2.88 bits per heavy atom. The maximum Gasteiger partial charge on any atom is 0.185 e. The molecule has 17 heavy (non-hydrogen) atoms. The van der Waals surface area contributed by atoms with Gasteiger partial charge in [0.05, 0.1) is 0 Å². The maximum atomic E-state index is 10.6. The van der Waals surface area contributed by atoms with E-state index in [4.69, 9.17) is 4.42 Å². The van der Waals surface area contributed by atoms with E-state index in [1.54, 1.807) is 18.3 Å². The van der Waals surface area contributed by atoms with E-state index in [1.807, 2.05) is 30.5 Å². The Bertz CT molecular complexity index is 680. The van der Waals surface area contributed by atoms with Crippen LogP contribution in [0.4, 0.5) is 0 Å². The SMILES string of the molecule is O=Cc1ccc(-c2cccc3cnccc23)o1. The topological polar surface area (TPSA) is 43.1 Å². The van der Waals surface area contributed by atoms with Gasteiger partial charge in [0.15, 0.2) is 12.0 Å². The minimum Gasteiger partial charge on any atom is -0.453 e. The number of fused-ring (bicyclic) bond motifs is 1. The van der Waals surface area contributed by atoms with Crippen molar-refractivity contribution >= 4 is 17.1 Å². The van der Waals surface area contributed by atoms with E-state index in [9.17, 15) is 4.79 Å². The van der Waals surface area contributed by atoms with Gasteiger partial charge in [0, 0.05) is 23.3 Å². The summed E-state index contributed by atoms with van der Waals surface area (Å²) in [6, 6.07) is 11.3. The zero-order valence-electron chi connectivity index (χ0n) is 8.96. The highest BCUT2D eigenvalue weighted by molar-refractivity contribution is 5.95. The molecule has 0 aliphatic rings. The number of furan rings is 1. The molecule has 0 saturated carbocycles. The van der Waals surface area contributed by atoms with Crippen LogP contribution < -0.4 is 0 Å². The van der Waals surface area contributed by atoms with Crippen LogP contribution in [0.2, 0.25) is 0 Å². The first kappa shape index (κ1) is 9.78. The molecule has 0 saturated heterocycles. The molecular formula is C14H9NO2. The van der Waals surface area contributed by atoms with Crippen molar-refractivity contribution in [2.45, 2.75) is 0 Å². The Labute approximate surface area is 97.7 Å². The highest BCUT2D eigenvalue weighted by Crippen LogP contribution is 2.29. The summed E-state index contributed by atoms with van der Waals surface area (Å²) in [6.07, 6.45) is 4.26. The van der Waals surface area contributed by atoms with E-state index < -0.39 is 0 Å². The fraction of sp³-hybridized carbons (Fsp3) is 0. The number of hydrogen-bond donors (Lipinski definition) is 0. The lowest BCUT2D eigenvalue weighted by atomic mass is 10.1. The van der Waals surface area contributed by atoms with Gasteiger partial charge in [0.25, 0.3) is 0 Å². The number of benzene rings is 1. The number of aromatic nitrogens is 1. The van der Waals surface area contributed by atoms with Gasteiger partial charge in [0.2, 0.25) is 0 Å². The predicted octanol–water partition coefficient (Wildman–Crippen LogP) is 3.31. The summed E-state index contributed by atoms with van der Waals surface area (Å²) in [7, 11) is 0. The summed E-state index contributed by atoms with van der Waals surface area (Å²) in [5.41, 5.74) is 0.970. The van der Waals surface area contributed by atoms with Gasteiger partial charge in [-0.15, -0.1) is 0 Å². The van der Waals surface area contributed by atoms with E-state index >= 15 is 0 Å². The third kappa shape index (κ3) is 1.61. The Kier molecular flexibility index (Phi) is 2.22. The molecule has 0 fully saturated rings. The molecule has 0 bridgehead atoms. The number of nitrogens with zero attached hydrogens (tertiary/aromatic N) is 1. The normalized spacial score (nSPS) is 10.6. The first-order valence-electron chi connectivity index (χ1n) is 5.26. The van der Waals surface area contributed by atoms with E-state index in [0.29, 0.717) is 17.8 Å². The molecule has 0 aliphatic carbocycles. The molecule has 0 spiro atoms. The molecule has 0 unspecified atom stereocenters. The van der Waals surface area contributed by atoms with Crippen molar-refractivity contribution < 1.29 is 9.21 Å². The van der Waals surface area contributed by atoms with Crippen LogP contribution in [0.1, 0.15) is 10.6 Å². The zero-order valence-corrected chi connectivity index (χ0v) is 8.96. The molecule has 3 heteroatoms.